The summed E-state index contributed by atoms with van der Waals surface area (Å²) in [6.07, 6.45) is 0. The highest BCUT2D eigenvalue weighted by Crippen LogP contribution is 2.26. The van der Waals surface area contributed by atoms with Crippen LogP contribution in [-0.2, 0) is 0 Å². The molecule has 2 rings (SSSR count). The highest BCUT2D eigenvalue weighted by Gasteiger charge is 2.14. The molecule has 1 atom stereocenters. The Balaban J connectivity index is 2.04. The Morgan fingerprint density at radius 2 is 1.96 bits per heavy atom. The van der Waals surface area contributed by atoms with Gasteiger partial charge in [-0.3, -0.25) is 10.1 Å². The maximum absolute atomic E-state index is 12.0. The van der Waals surface area contributed by atoms with E-state index in [4.69, 9.17) is 28.9 Å². The molecular formula is C15H14Cl2N4O2. The van der Waals surface area contributed by atoms with Crippen molar-refractivity contribution in [3.8, 4) is 0 Å². The number of halogens is 2. The van der Waals surface area contributed by atoms with Crippen molar-refractivity contribution in [2.75, 3.05) is 5.32 Å². The van der Waals surface area contributed by atoms with Gasteiger partial charge in [0.05, 0.1) is 6.04 Å². The monoisotopic (exact) mass is 352 g/mol. The lowest BCUT2D eigenvalue weighted by Gasteiger charge is -2.16. The van der Waals surface area contributed by atoms with Gasteiger partial charge in [0.1, 0.15) is 11.5 Å². The summed E-state index contributed by atoms with van der Waals surface area (Å²) >= 11 is 11.9. The van der Waals surface area contributed by atoms with E-state index in [1.807, 2.05) is 0 Å². The predicted octanol–water partition coefficient (Wildman–Crippen LogP) is 3.37. The van der Waals surface area contributed by atoms with Crippen LogP contribution in [0.5, 0.6) is 0 Å². The summed E-state index contributed by atoms with van der Waals surface area (Å²) in [5.41, 5.74) is 5.94. The summed E-state index contributed by atoms with van der Waals surface area (Å²) in [5.74, 6) is -0.455. The summed E-state index contributed by atoms with van der Waals surface area (Å²) in [6, 6.07) is 8.78. The molecule has 8 heteroatoms. The van der Waals surface area contributed by atoms with Gasteiger partial charge >= 0.3 is 6.03 Å². The lowest BCUT2D eigenvalue weighted by Crippen LogP contribution is -2.31. The number of pyridine rings is 1. The molecule has 1 aromatic heterocycles. The zero-order valence-electron chi connectivity index (χ0n) is 12.1. The number of carbonyl (C=O) groups excluding carboxylic acids is 2. The lowest BCUT2D eigenvalue weighted by molar-refractivity contribution is 0.0995. The third-order valence-electron chi connectivity index (χ3n) is 3.02. The standard InChI is InChI=1S/C15H14Cl2N4O2/c1-8(10-6-5-9(16)7-11(10)17)19-15(23)21-13-4-2-3-12(20-13)14(18)22/h2-8H,1H3,(H2,18,22)(H2,19,20,21,23). The zero-order valence-corrected chi connectivity index (χ0v) is 13.7. The number of primary amides is 1. The minimum atomic E-state index is -0.671. The van der Waals surface area contributed by atoms with Crippen LogP contribution in [0.1, 0.15) is 29.0 Å². The Morgan fingerprint density at radius 1 is 1.22 bits per heavy atom. The molecule has 0 radical (unpaired) electrons. The Bertz CT molecular complexity index is 752. The molecule has 0 saturated carbocycles. The Kier molecular flexibility index (Phi) is 5.41. The molecular weight excluding hydrogens is 339 g/mol. The highest BCUT2D eigenvalue weighted by molar-refractivity contribution is 6.35. The van der Waals surface area contributed by atoms with Crippen LogP contribution >= 0.6 is 23.2 Å². The molecule has 0 spiro atoms. The molecule has 120 valence electrons. The van der Waals surface area contributed by atoms with Crippen LogP contribution < -0.4 is 16.4 Å². The van der Waals surface area contributed by atoms with E-state index in [2.05, 4.69) is 15.6 Å². The average Bonchev–Trinajstić information content (AvgIpc) is 2.47. The van der Waals surface area contributed by atoms with E-state index in [1.165, 1.54) is 6.07 Å². The van der Waals surface area contributed by atoms with Gasteiger partial charge in [-0.1, -0.05) is 35.3 Å². The molecule has 1 heterocycles. The number of urea groups is 1. The number of nitrogens with one attached hydrogen (secondary N) is 2. The van der Waals surface area contributed by atoms with Crippen molar-refractivity contribution in [2.45, 2.75) is 13.0 Å². The van der Waals surface area contributed by atoms with Gasteiger partial charge in [0.25, 0.3) is 5.91 Å². The molecule has 2 aromatic rings. The van der Waals surface area contributed by atoms with Crippen molar-refractivity contribution in [1.29, 1.82) is 0 Å². The van der Waals surface area contributed by atoms with Crippen molar-refractivity contribution < 1.29 is 9.59 Å². The number of nitrogens with two attached hydrogens (primary N) is 1. The Hall–Kier alpha value is -2.31. The number of carbonyl (C=O) groups is 2. The van der Waals surface area contributed by atoms with Crippen molar-refractivity contribution in [2.24, 2.45) is 5.73 Å². The average molecular weight is 353 g/mol. The number of benzene rings is 1. The first kappa shape index (κ1) is 17.1. The van der Waals surface area contributed by atoms with Gasteiger partial charge in [0.15, 0.2) is 0 Å². The van der Waals surface area contributed by atoms with E-state index < -0.39 is 11.9 Å². The number of rotatable bonds is 4. The maximum atomic E-state index is 12.0. The molecule has 4 N–H and O–H groups in total. The minimum Gasteiger partial charge on any atom is -0.364 e. The van der Waals surface area contributed by atoms with Crippen LogP contribution in [0.4, 0.5) is 10.6 Å². The van der Waals surface area contributed by atoms with Crippen LogP contribution in [0.2, 0.25) is 10.0 Å². The van der Waals surface area contributed by atoms with Crippen LogP contribution in [0.3, 0.4) is 0 Å². The van der Waals surface area contributed by atoms with E-state index in [1.54, 1.807) is 37.3 Å². The van der Waals surface area contributed by atoms with Crippen LogP contribution in [0.25, 0.3) is 0 Å². The van der Waals surface area contributed by atoms with Crippen molar-refractivity contribution in [1.82, 2.24) is 10.3 Å². The third kappa shape index (κ3) is 4.58. The third-order valence-corrected chi connectivity index (χ3v) is 3.58. The van der Waals surface area contributed by atoms with Crippen LogP contribution in [0, 0.1) is 0 Å². The van der Waals surface area contributed by atoms with E-state index in [0.29, 0.717) is 10.0 Å². The first-order valence-electron chi connectivity index (χ1n) is 6.66. The topological polar surface area (TPSA) is 97.1 Å². The second kappa shape index (κ2) is 7.30. The smallest absolute Gasteiger partial charge is 0.320 e. The highest BCUT2D eigenvalue weighted by atomic mass is 35.5. The molecule has 0 aliphatic heterocycles. The zero-order chi connectivity index (χ0) is 17.0. The largest absolute Gasteiger partial charge is 0.364 e. The van der Waals surface area contributed by atoms with Gasteiger partial charge in [-0.2, -0.15) is 0 Å². The number of amides is 3. The van der Waals surface area contributed by atoms with Gasteiger partial charge in [-0.15, -0.1) is 0 Å². The summed E-state index contributed by atoms with van der Waals surface area (Å²) in [6.45, 7) is 1.78. The van der Waals surface area contributed by atoms with Gasteiger partial charge in [0.2, 0.25) is 0 Å². The number of hydrogen-bond acceptors (Lipinski definition) is 3. The van der Waals surface area contributed by atoms with E-state index in [9.17, 15) is 9.59 Å². The molecule has 0 bridgehead atoms. The fraction of sp³-hybridized carbons (Fsp3) is 0.133. The number of anilines is 1. The quantitative estimate of drug-likeness (QED) is 0.786. The van der Waals surface area contributed by atoms with Gasteiger partial charge < -0.3 is 11.1 Å². The molecule has 1 aromatic carbocycles. The summed E-state index contributed by atoms with van der Waals surface area (Å²) < 4.78 is 0. The summed E-state index contributed by atoms with van der Waals surface area (Å²) in [4.78, 5) is 27.0. The predicted molar refractivity (Wildman–Crippen MR) is 89.8 cm³/mol. The Morgan fingerprint density at radius 3 is 2.61 bits per heavy atom. The van der Waals surface area contributed by atoms with Crippen molar-refractivity contribution in [3.05, 3.63) is 57.7 Å². The molecule has 0 saturated heterocycles. The lowest BCUT2D eigenvalue weighted by atomic mass is 10.1. The first-order chi connectivity index (χ1) is 10.9. The fourth-order valence-corrected chi connectivity index (χ4v) is 2.49. The maximum Gasteiger partial charge on any atom is 0.320 e. The van der Waals surface area contributed by atoms with Crippen molar-refractivity contribution >= 4 is 41.0 Å². The molecule has 0 aliphatic carbocycles. The number of nitrogens with zero attached hydrogens (tertiary/aromatic N) is 1. The second-order valence-corrected chi connectivity index (χ2v) is 5.60. The molecule has 3 amide bonds. The molecule has 6 nitrogen and oxygen atoms in total. The SMILES string of the molecule is CC(NC(=O)Nc1cccc(C(N)=O)n1)c1ccc(Cl)cc1Cl. The summed E-state index contributed by atoms with van der Waals surface area (Å²) in [7, 11) is 0. The normalized spacial score (nSPS) is 11.6. The summed E-state index contributed by atoms with van der Waals surface area (Å²) in [5, 5.41) is 6.22. The number of hydrogen-bond donors (Lipinski definition) is 3. The molecule has 1 unspecified atom stereocenters. The number of aromatic nitrogens is 1. The van der Waals surface area contributed by atoms with Gasteiger partial charge in [-0.05, 0) is 36.8 Å². The second-order valence-electron chi connectivity index (χ2n) is 4.76. The Labute approximate surface area is 143 Å². The van der Waals surface area contributed by atoms with Crippen LogP contribution in [-0.4, -0.2) is 16.9 Å². The van der Waals surface area contributed by atoms with E-state index in [-0.39, 0.29) is 17.6 Å². The van der Waals surface area contributed by atoms with E-state index >= 15 is 0 Å². The molecule has 23 heavy (non-hydrogen) atoms. The fourth-order valence-electron chi connectivity index (χ4n) is 1.92. The first-order valence-corrected chi connectivity index (χ1v) is 7.41. The van der Waals surface area contributed by atoms with E-state index in [0.717, 1.165) is 5.56 Å². The molecule has 0 fully saturated rings. The van der Waals surface area contributed by atoms with Gasteiger partial charge in [0, 0.05) is 10.0 Å². The molecule has 0 aliphatic rings. The minimum absolute atomic E-state index is 0.0663. The van der Waals surface area contributed by atoms with Gasteiger partial charge in [-0.25, -0.2) is 9.78 Å². The van der Waals surface area contributed by atoms with Crippen molar-refractivity contribution in [3.63, 3.8) is 0 Å². The van der Waals surface area contributed by atoms with Crippen LogP contribution in [0.15, 0.2) is 36.4 Å².